The van der Waals surface area contributed by atoms with E-state index in [1.807, 2.05) is 17.6 Å². The summed E-state index contributed by atoms with van der Waals surface area (Å²) < 4.78 is 2.01. The molecule has 0 aliphatic carbocycles. The number of nitro groups is 1. The van der Waals surface area contributed by atoms with E-state index in [1.165, 1.54) is 17.8 Å². The maximum absolute atomic E-state index is 11.1. The maximum Gasteiger partial charge on any atom is 0.269 e. The van der Waals surface area contributed by atoms with Crippen molar-refractivity contribution in [2.45, 2.75) is 50.6 Å². The van der Waals surface area contributed by atoms with Crippen molar-refractivity contribution in [1.82, 2.24) is 14.8 Å². The number of benzene rings is 1. The molecule has 2 N–H and O–H groups in total. The van der Waals surface area contributed by atoms with Gasteiger partial charge in [-0.15, -0.1) is 10.2 Å². The van der Waals surface area contributed by atoms with Crippen molar-refractivity contribution in [3.8, 4) is 0 Å². The van der Waals surface area contributed by atoms with Gasteiger partial charge in [0.2, 0.25) is 5.91 Å². The second-order valence-electron chi connectivity index (χ2n) is 6.48. The Morgan fingerprint density at radius 2 is 2.08 bits per heavy atom. The van der Waals surface area contributed by atoms with Crippen LogP contribution >= 0.6 is 11.8 Å². The number of hydrogen-bond donors (Lipinski definition) is 1. The van der Waals surface area contributed by atoms with Gasteiger partial charge in [0.15, 0.2) is 5.16 Å². The maximum atomic E-state index is 11.1. The van der Waals surface area contributed by atoms with E-state index in [9.17, 15) is 14.9 Å². The number of primary amides is 1. The first-order valence-electron chi connectivity index (χ1n) is 8.39. The summed E-state index contributed by atoms with van der Waals surface area (Å²) >= 11 is 1.49. The van der Waals surface area contributed by atoms with Crippen molar-refractivity contribution in [1.29, 1.82) is 0 Å². The molecule has 26 heavy (non-hydrogen) atoms. The third kappa shape index (κ3) is 5.29. The van der Waals surface area contributed by atoms with Crippen LogP contribution in [0.15, 0.2) is 29.4 Å². The van der Waals surface area contributed by atoms with E-state index in [1.54, 1.807) is 12.1 Å². The Kier molecular flexibility index (Phi) is 6.73. The van der Waals surface area contributed by atoms with Crippen molar-refractivity contribution < 1.29 is 9.72 Å². The Balaban J connectivity index is 2.23. The number of aromatic nitrogens is 3. The number of rotatable bonds is 9. The fourth-order valence-corrected chi connectivity index (χ4v) is 3.49. The van der Waals surface area contributed by atoms with E-state index in [2.05, 4.69) is 24.0 Å². The molecule has 1 unspecified atom stereocenters. The summed E-state index contributed by atoms with van der Waals surface area (Å²) in [4.78, 5) is 21.6. The Bertz CT molecular complexity index is 790. The van der Waals surface area contributed by atoms with Crippen LogP contribution in [0, 0.1) is 16.0 Å². The highest BCUT2D eigenvalue weighted by Crippen LogP contribution is 2.35. The molecule has 0 aliphatic heterocycles. The summed E-state index contributed by atoms with van der Waals surface area (Å²) in [5.41, 5.74) is 6.16. The van der Waals surface area contributed by atoms with Crippen molar-refractivity contribution in [2.24, 2.45) is 11.7 Å². The number of amides is 1. The largest absolute Gasteiger partial charge is 0.370 e. The summed E-state index contributed by atoms with van der Waals surface area (Å²) in [6.45, 7) is 6.89. The molecule has 2 aromatic rings. The molecule has 0 saturated heterocycles. The highest BCUT2D eigenvalue weighted by atomic mass is 32.2. The van der Waals surface area contributed by atoms with E-state index in [0.717, 1.165) is 23.1 Å². The topological polar surface area (TPSA) is 117 Å². The summed E-state index contributed by atoms with van der Waals surface area (Å²) in [6, 6.07) is 6.60. The predicted octanol–water partition coefficient (Wildman–Crippen LogP) is 3.11. The third-order valence-electron chi connectivity index (χ3n) is 3.77. The zero-order valence-corrected chi connectivity index (χ0v) is 15.9. The minimum absolute atomic E-state index is 0.0333. The van der Waals surface area contributed by atoms with Gasteiger partial charge in [-0.05, 0) is 18.4 Å². The second-order valence-corrected chi connectivity index (χ2v) is 7.79. The summed E-state index contributed by atoms with van der Waals surface area (Å²) in [7, 11) is 0. The fourth-order valence-electron chi connectivity index (χ4n) is 2.49. The summed E-state index contributed by atoms with van der Waals surface area (Å²) in [5, 5.41) is 20.1. The molecule has 0 radical (unpaired) electrons. The quantitative estimate of drug-likeness (QED) is 0.408. The predicted molar refractivity (Wildman–Crippen MR) is 99.7 cm³/mol. The SMILES string of the molecule is CC(C)Cn1c(CCC(N)=O)nnc1SC(C)c1cccc([N+](=O)[O-])c1. The van der Waals surface area contributed by atoms with Crippen molar-refractivity contribution in [2.75, 3.05) is 0 Å². The smallest absolute Gasteiger partial charge is 0.269 e. The van der Waals surface area contributed by atoms with Gasteiger partial charge in [-0.25, -0.2) is 0 Å². The van der Waals surface area contributed by atoms with Gasteiger partial charge in [0.1, 0.15) is 5.82 Å². The Labute approximate surface area is 156 Å². The molecule has 0 fully saturated rings. The first-order valence-corrected chi connectivity index (χ1v) is 9.27. The first-order chi connectivity index (χ1) is 12.3. The molecule has 1 amide bonds. The molecule has 140 valence electrons. The lowest BCUT2D eigenvalue weighted by atomic mass is 10.1. The average Bonchev–Trinajstić information content (AvgIpc) is 2.94. The first kappa shape index (κ1) is 19.9. The Morgan fingerprint density at radius 1 is 1.35 bits per heavy atom. The summed E-state index contributed by atoms with van der Waals surface area (Å²) in [6.07, 6.45) is 0.669. The van der Waals surface area contributed by atoms with Gasteiger partial charge in [0.25, 0.3) is 5.69 Å². The van der Waals surface area contributed by atoms with Gasteiger partial charge in [-0.1, -0.05) is 37.7 Å². The minimum atomic E-state index is -0.399. The lowest BCUT2D eigenvalue weighted by Crippen LogP contribution is -2.15. The molecule has 1 aromatic carbocycles. The van der Waals surface area contributed by atoms with Gasteiger partial charge in [0, 0.05) is 36.8 Å². The molecule has 0 spiro atoms. The van der Waals surface area contributed by atoms with E-state index in [0.29, 0.717) is 12.3 Å². The number of nitrogens with zero attached hydrogens (tertiary/aromatic N) is 4. The van der Waals surface area contributed by atoms with Crippen LogP contribution in [-0.4, -0.2) is 25.6 Å². The van der Waals surface area contributed by atoms with Crippen LogP contribution in [-0.2, 0) is 17.8 Å². The van der Waals surface area contributed by atoms with Gasteiger partial charge >= 0.3 is 0 Å². The van der Waals surface area contributed by atoms with Gasteiger partial charge < -0.3 is 10.3 Å². The fraction of sp³-hybridized carbons (Fsp3) is 0.471. The standard InChI is InChI=1S/C17H23N5O3S/c1-11(2)10-21-16(8-7-15(18)23)19-20-17(21)26-12(3)13-5-4-6-14(9-13)22(24)25/h4-6,9,11-12H,7-8,10H2,1-3H3,(H2,18,23). The van der Waals surface area contributed by atoms with Gasteiger partial charge in [-0.3, -0.25) is 14.9 Å². The van der Waals surface area contributed by atoms with Crippen LogP contribution in [0.4, 0.5) is 5.69 Å². The molecule has 9 heteroatoms. The third-order valence-corrected chi connectivity index (χ3v) is 4.91. The van der Waals surface area contributed by atoms with E-state index in [-0.39, 0.29) is 23.3 Å². The second kappa shape index (κ2) is 8.79. The molecule has 0 saturated carbocycles. The molecule has 0 bridgehead atoms. The number of hydrogen-bond acceptors (Lipinski definition) is 6. The Morgan fingerprint density at radius 3 is 2.69 bits per heavy atom. The Hall–Kier alpha value is -2.42. The van der Waals surface area contributed by atoms with E-state index in [4.69, 9.17) is 5.73 Å². The highest BCUT2D eigenvalue weighted by Gasteiger charge is 2.19. The zero-order valence-electron chi connectivity index (χ0n) is 15.1. The van der Waals surface area contributed by atoms with Crippen LogP contribution in [0.5, 0.6) is 0 Å². The molecule has 1 heterocycles. The molecule has 8 nitrogen and oxygen atoms in total. The number of nitro benzene ring substituents is 1. The van der Waals surface area contributed by atoms with E-state index >= 15 is 0 Å². The number of carbonyl (C=O) groups excluding carboxylic acids is 1. The molecular formula is C17H23N5O3S. The number of carbonyl (C=O) groups is 1. The summed E-state index contributed by atoms with van der Waals surface area (Å²) in [5.74, 6) is 0.736. The molecule has 2 rings (SSSR count). The van der Waals surface area contributed by atoms with Crippen LogP contribution < -0.4 is 5.73 Å². The van der Waals surface area contributed by atoms with Crippen molar-refractivity contribution in [3.05, 3.63) is 45.8 Å². The number of non-ortho nitro benzene ring substituents is 1. The lowest BCUT2D eigenvalue weighted by molar-refractivity contribution is -0.384. The van der Waals surface area contributed by atoms with Crippen LogP contribution in [0.3, 0.4) is 0 Å². The lowest BCUT2D eigenvalue weighted by Gasteiger charge is -2.15. The molecule has 0 aliphatic rings. The molecule has 1 atom stereocenters. The van der Waals surface area contributed by atoms with Crippen molar-refractivity contribution >= 4 is 23.4 Å². The normalized spacial score (nSPS) is 12.3. The highest BCUT2D eigenvalue weighted by molar-refractivity contribution is 7.99. The number of aryl methyl sites for hydroxylation is 1. The number of thioether (sulfide) groups is 1. The van der Waals surface area contributed by atoms with E-state index < -0.39 is 4.92 Å². The van der Waals surface area contributed by atoms with Crippen LogP contribution in [0.25, 0.3) is 0 Å². The zero-order chi connectivity index (χ0) is 19.3. The minimum Gasteiger partial charge on any atom is -0.370 e. The average molecular weight is 377 g/mol. The van der Waals surface area contributed by atoms with Crippen LogP contribution in [0.2, 0.25) is 0 Å². The van der Waals surface area contributed by atoms with Gasteiger partial charge in [-0.2, -0.15) is 0 Å². The molecule has 1 aromatic heterocycles. The monoisotopic (exact) mass is 377 g/mol. The molecular weight excluding hydrogens is 354 g/mol. The van der Waals surface area contributed by atoms with Gasteiger partial charge in [0.05, 0.1) is 4.92 Å². The van der Waals surface area contributed by atoms with Crippen molar-refractivity contribution in [3.63, 3.8) is 0 Å². The van der Waals surface area contributed by atoms with Crippen LogP contribution in [0.1, 0.15) is 43.8 Å². The number of nitrogens with two attached hydrogens (primary N) is 1.